The van der Waals surface area contributed by atoms with E-state index in [2.05, 4.69) is 167 Å². The zero-order valence-corrected chi connectivity index (χ0v) is 51.8. The minimum atomic E-state index is -0.798. The van der Waals surface area contributed by atoms with Crippen LogP contribution in [0, 0.1) is 0 Å². The zero-order valence-electron chi connectivity index (χ0n) is 51.8. The van der Waals surface area contributed by atoms with Crippen LogP contribution in [-0.2, 0) is 28.6 Å². The molecule has 0 radical (unpaired) electrons. The van der Waals surface area contributed by atoms with Crippen LogP contribution in [0.4, 0.5) is 0 Å². The van der Waals surface area contributed by atoms with Crippen LogP contribution >= 0.6 is 0 Å². The minimum absolute atomic E-state index is 0.0948. The molecule has 0 aliphatic heterocycles. The van der Waals surface area contributed by atoms with E-state index in [0.29, 0.717) is 19.3 Å². The van der Waals surface area contributed by atoms with E-state index in [1.54, 1.807) is 0 Å². The summed E-state index contributed by atoms with van der Waals surface area (Å²) in [6.45, 7) is 6.44. The van der Waals surface area contributed by atoms with Crippen molar-refractivity contribution in [2.24, 2.45) is 0 Å². The van der Waals surface area contributed by atoms with Crippen molar-refractivity contribution in [1.82, 2.24) is 0 Å². The highest BCUT2D eigenvalue weighted by Gasteiger charge is 2.19. The van der Waals surface area contributed by atoms with Gasteiger partial charge in [-0.1, -0.05) is 269 Å². The highest BCUT2D eigenvalue weighted by atomic mass is 16.6. The fourth-order valence-electron chi connectivity index (χ4n) is 8.62. The molecule has 1 atom stereocenters. The molecule has 0 aromatic carbocycles. The Hall–Kier alpha value is -4.71. The molecule has 1 unspecified atom stereocenters. The Bertz CT molecular complexity index is 1750. The third-order valence-electron chi connectivity index (χ3n) is 13.5. The molecule has 0 aliphatic carbocycles. The monoisotopic (exact) mass is 1100 g/mol. The summed E-state index contributed by atoms with van der Waals surface area (Å²) in [5.41, 5.74) is 0. The first-order valence-corrected chi connectivity index (χ1v) is 32.8. The molecule has 6 heteroatoms. The molecule has 80 heavy (non-hydrogen) atoms. The fourth-order valence-corrected chi connectivity index (χ4v) is 8.62. The molecule has 0 spiro atoms. The third-order valence-corrected chi connectivity index (χ3v) is 13.5. The van der Waals surface area contributed by atoms with Crippen LogP contribution in [-0.4, -0.2) is 37.2 Å². The molecule has 0 heterocycles. The number of rotatable bonds is 58. The van der Waals surface area contributed by atoms with E-state index in [1.165, 1.54) is 83.5 Å². The van der Waals surface area contributed by atoms with Gasteiger partial charge in [-0.05, 0) is 141 Å². The lowest BCUT2D eigenvalue weighted by atomic mass is 10.1. The number of ether oxygens (including phenoxy) is 3. The van der Waals surface area contributed by atoms with Gasteiger partial charge >= 0.3 is 17.9 Å². The number of carbonyl (C=O) groups excluding carboxylic acids is 3. The summed E-state index contributed by atoms with van der Waals surface area (Å²) in [4.78, 5) is 38.2. The first-order valence-electron chi connectivity index (χ1n) is 32.8. The quantitative estimate of drug-likeness (QED) is 0.0261. The van der Waals surface area contributed by atoms with Crippen molar-refractivity contribution in [2.45, 2.75) is 290 Å². The van der Waals surface area contributed by atoms with E-state index in [4.69, 9.17) is 14.2 Å². The SMILES string of the molecule is CC/C=C\C/C=C\C/C=C\C/C=C\C/C=C\C/C=C\C/C=C\C/C=C\C/C=C\CCCCCCCCCC(=O)OCC(COC(=O)CCCCCCC/C=C\CCCC)OC(=O)CCCCCCC/C=C\C/C=C\CCCCCC. The van der Waals surface area contributed by atoms with E-state index in [-0.39, 0.29) is 31.1 Å². The number of hydrogen-bond donors (Lipinski definition) is 0. The number of unbranched alkanes of at least 4 members (excludes halogenated alkanes) is 23. The molecule has 0 aromatic rings. The summed E-state index contributed by atoms with van der Waals surface area (Å²) in [6.07, 6.45) is 95.7. The van der Waals surface area contributed by atoms with Crippen LogP contribution in [0.2, 0.25) is 0 Å². The molecule has 452 valence electrons. The summed E-state index contributed by atoms with van der Waals surface area (Å²) in [6, 6.07) is 0. The molecule has 0 N–H and O–H groups in total. The van der Waals surface area contributed by atoms with Crippen LogP contribution in [0.25, 0.3) is 0 Å². The lowest BCUT2D eigenvalue weighted by molar-refractivity contribution is -0.167. The lowest BCUT2D eigenvalue weighted by Gasteiger charge is -2.18. The van der Waals surface area contributed by atoms with Crippen molar-refractivity contribution in [3.05, 3.63) is 146 Å². The smallest absolute Gasteiger partial charge is 0.306 e. The maximum absolute atomic E-state index is 12.9. The van der Waals surface area contributed by atoms with Gasteiger partial charge in [-0.2, -0.15) is 0 Å². The van der Waals surface area contributed by atoms with E-state index < -0.39 is 6.10 Å². The van der Waals surface area contributed by atoms with Crippen LogP contribution in [0.1, 0.15) is 284 Å². The first-order chi connectivity index (χ1) is 39.5. The van der Waals surface area contributed by atoms with Gasteiger partial charge in [0.05, 0.1) is 0 Å². The first kappa shape index (κ1) is 75.3. The Labute approximate surface area is 493 Å². The number of esters is 3. The zero-order chi connectivity index (χ0) is 57.8. The van der Waals surface area contributed by atoms with Crippen molar-refractivity contribution < 1.29 is 28.6 Å². The average Bonchev–Trinajstić information content (AvgIpc) is 3.46. The maximum atomic E-state index is 12.9. The molecule has 0 amide bonds. The summed E-state index contributed by atoms with van der Waals surface area (Å²) in [5.74, 6) is -0.930. The molecule has 0 saturated carbocycles. The maximum Gasteiger partial charge on any atom is 0.306 e. The average molecular weight is 1110 g/mol. The van der Waals surface area contributed by atoms with Gasteiger partial charge in [0.25, 0.3) is 0 Å². The van der Waals surface area contributed by atoms with Gasteiger partial charge in [-0.25, -0.2) is 0 Å². The molecule has 0 bridgehead atoms. The van der Waals surface area contributed by atoms with Gasteiger partial charge in [0.1, 0.15) is 13.2 Å². The van der Waals surface area contributed by atoms with E-state index in [1.807, 2.05) is 0 Å². The van der Waals surface area contributed by atoms with Gasteiger partial charge in [0.2, 0.25) is 0 Å². The third kappa shape index (κ3) is 64.1. The molecule has 0 aliphatic rings. The Balaban J connectivity index is 4.26. The largest absolute Gasteiger partial charge is 0.462 e. The van der Waals surface area contributed by atoms with Crippen molar-refractivity contribution in [3.8, 4) is 0 Å². The fraction of sp³-hybridized carbons (Fsp3) is 0.635. The molecular weight excluding hydrogens is 985 g/mol. The number of carbonyl (C=O) groups is 3. The van der Waals surface area contributed by atoms with Crippen molar-refractivity contribution in [3.63, 3.8) is 0 Å². The van der Waals surface area contributed by atoms with Gasteiger partial charge < -0.3 is 14.2 Å². The van der Waals surface area contributed by atoms with Gasteiger partial charge in [-0.15, -0.1) is 0 Å². The molecule has 0 aromatic heterocycles. The summed E-state index contributed by atoms with van der Waals surface area (Å²) in [5, 5.41) is 0. The highest BCUT2D eigenvalue weighted by molar-refractivity contribution is 5.71. The molecule has 6 nitrogen and oxygen atoms in total. The van der Waals surface area contributed by atoms with Gasteiger partial charge in [0.15, 0.2) is 6.10 Å². The number of hydrogen-bond acceptors (Lipinski definition) is 6. The topological polar surface area (TPSA) is 78.9 Å². The normalized spacial score (nSPS) is 13.1. The Morgan fingerprint density at radius 3 is 0.812 bits per heavy atom. The standard InChI is InChI=1S/C74H120O6/c1-4-7-10-13-16-19-22-24-26-28-29-30-31-32-33-34-35-36-37-38-39-40-41-42-43-44-45-46-48-49-52-55-58-61-64-67-73(76)79-70-71(69-78-72(75)66-63-60-57-54-51-21-18-15-12-9-6-3)80-74(77)68-65-62-59-56-53-50-47-27-25-23-20-17-14-11-8-5-2/h7,10,15-16,18-20,23-24,26-27,29-30,32-33,35-36,38-39,41-42,44-45,47,71H,4-6,8-9,11-14,17,21-22,25,28,31,34,37,40,43,46,48-70H2,1-3H3/b10-7-,18-15-,19-16-,23-20-,26-24-,30-29-,33-32-,36-35-,39-38-,42-41-,45-44-,47-27-. The number of allylic oxidation sites excluding steroid dienone is 24. The van der Waals surface area contributed by atoms with Crippen molar-refractivity contribution in [1.29, 1.82) is 0 Å². The van der Waals surface area contributed by atoms with Gasteiger partial charge in [-0.3, -0.25) is 14.4 Å². The molecule has 0 fully saturated rings. The van der Waals surface area contributed by atoms with Crippen LogP contribution in [0.5, 0.6) is 0 Å². The molecule has 0 saturated heterocycles. The minimum Gasteiger partial charge on any atom is -0.462 e. The van der Waals surface area contributed by atoms with E-state index in [0.717, 1.165) is 161 Å². The van der Waals surface area contributed by atoms with Crippen LogP contribution in [0.15, 0.2) is 146 Å². The van der Waals surface area contributed by atoms with Crippen LogP contribution < -0.4 is 0 Å². The van der Waals surface area contributed by atoms with Gasteiger partial charge in [0, 0.05) is 19.3 Å². The van der Waals surface area contributed by atoms with Crippen molar-refractivity contribution >= 4 is 17.9 Å². The van der Waals surface area contributed by atoms with E-state index >= 15 is 0 Å². The highest BCUT2D eigenvalue weighted by Crippen LogP contribution is 2.14. The lowest BCUT2D eigenvalue weighted by Crippen LogP contribution is -2.30. The molecule has 0 rings (SSSR count). The Morgan fingerprint density at radius 2 is 0.500 bits per heavy atom. The second kappa shape index (κ2) is 66.8. The predicted molar refractivity (Wildman–Crippen MR) is 348 cm³/mol. The summed E-state index contributed by atoms with van der Waals surface area (Å²) in [7, 11) is 0. The summed E-state index contributed by atoms with van der Waals surface area (Å²) < 4.78 is 16.9. The Morgan fingerprint density at radius 1 is 0.263 bits per heavy atom. The second-order valence-electron chi connectivity index (χ2n) is 21.3. The summed E-state index contributed by atoms with van der Waals surface area (Å²) >= 11 is 0. The molecular formula is C74H120O6. The van der Waals surface area contributed by atoms with E-state index in [9.17, 15) is 14.4 Å². The van der Waals surface area contributed by atoms with Crippen molar-refractivity contribution in [2.75, 3.05) is 13.2 Å². The predicted octanol–water partition coefficient (Wildman–Crippen LogP) is 22.7. The Kier molecular flexibility index (Phi) is 62.9. The van der Waals surface area contributed by atoms with Crippen LogP contribution in [0.3, 0.4) is 0 Å². The second-order valence-corrected chi connectivity index (χ2v) is 21.3.